The van der Waals surface area contributed by atoms with Crippen LogP contribution in [0.5, 0.6) is 5.75 Å². The van der Waals surface area contributed by atoms with Gasteiger partial charge in [-0.25, -0.2) is 4.90 Å². The molecule has 2 saturated heterocycles. The normalized spacial score (nSPS) is 23.1. The lowest BCUT2D eigenvalue weighted by atomic mass is 10.2. The van der Waals surface area contributed by atoms with Crippen LogP contribution in [0, 0.1) is 0 Å². The maximum Gasteiger partial charge on any atom is 0.292 e. The van der Waals surface area contributed by atoms with Crippen molar-refractivity contribution < 1.29 is 24.0 Å². The van der Waals surface area contributed by atoms with Gasteiger partial charge in [0, 0.05) is 6.07 Å². The molecule has 118 valence electrons. The van der Waals surface area contributed by atoms with E-state index in [1.807, 2.05) is 13.0 Å². The monoisotopic (exact) mass is 305 g/mol. The zero-order valence-electron chi connectivity index (χ0n) is 12.7. The second kappa shape index (κ2) is 6.46. The molecule has 2 fully saturated rings. The van der Waals surface area contributed by atoms with Crippen LogP contribution in [0.3, 0.4) is 0 Å². The molecule has 2 amide bonds. The standard InChI is InChI=1S/C16H20N2O4/c1-2-22-13-5-3-4-12(10-13)18-15(19)11-14(16(18)20)17-6-8-21-9-7-17/h3-5,10,14H,2,6-9,11H2,1H3/p+1/t14-/m1/s1. The predicted octanol–water partition coefficient (Wildman–Crippen LogP) is -0.368. The van der Waals surface area contributed by atoms with Crippen molar-refractivity contribution in [2.24, 2.45) is 0 Å². The van der Waals surface area contributed by atoms with Crippen molar-refractivity contribution in [1.29, 1.82) is 0 Å². The van der Waals surface area contributed by atoms with Gasteiger partial charge in [0.05, 0.1) is 31.9 Å². The van der Waals surface area contributed by atoms with E-state index in [1.165, 1.54) is 4.90 Å². The Hall–Kier alpha value is -1.92. The summed E-state index contributed by atoms with van der Waals surface area (Å²) < 4.78 is 10.8. The number of quaternary nitrogens is 1. The number of hydrogen-bond donors (Lipinski definition) is 1. The maximum atomic E-state index is 12.7. The van der Waals surface area contributed by atoms with Gasteiger partial charge < -0.3 is 14.4 Å². The quantitative estimate of drug-likeness (QED) is 0.771. The number of nitrogens with one attached hydrogen (secondary N) is 1. The number of amides is 2. The fourth-order valence-corrected chi connectivity index (χ4v) is 3.08. The average molecular weight is 305 g/mol. The maximum absolute atomic E-state index is 12.7. The minimum absolute atomic E-state index is 0.115. The molecule has 22 heavy (non-hydrogen) atoms. The fourth-order valence-electron chi connectivity index (χ4n) is 3.08. The Labute approximate surface area is 129 Å². The van der Waals surface area contributed by atoms with Gasteiger partial charge in [0.2, 0.25) is 5.91 Å². The number of nitrogens with zero attached hydrogens (tertiary/aromatic N) is 1. The number of ether oxygens (including phenoxy) is 2. The molecule has 3 rings (SSSR count). The van der Waals surface area contributed by atoms with E-state index in [-0.39, 0.29) is 24.3 Å². The Morgan fingerprint density at radius 2 is 2.09 bits per heavy atom. The van der Waals surface area contributed by atoms with Gasteiger partial charge in [-0.3, -0.25) is 9.59 Å². The van der Waals surface area contributed by atoms with Gasteiger partial charge in [0.1, 0.15) is 18.8 Å². The number of benzene rings is 1. The summed E-state index contributed by atoms with van der Waals surface area (Å²) in [6.45, 7) is 5.29. The highest BCUT2D eigenvalue weighted by Crippen LogP contribution is 2.26. The van der Waals surface area contributed by atoms with Crippen LogP contribution in [-0.2, 0) is 14.3 Å². The van der Waals surface area contributed by atoms with Crippen molar-refractivity contribution >= 4 is 17.5 Å². The van der Waals surface area contributed by atoms with E-state index in [9.17, 15) is 9.59 Å². The van der Waals surface area contributed by atoms with Gasteiger partial charge in [-0.05, 0) is 19.1 Å². The molecule has 0 aliphatic carbocycles. The van der Waals surface area contributed by atoms with Crippen LogP contribution >= 0.6 is 0 Å². The van der Waals surface area contributed by atoms with Crippen LogP contribution in [0.4, 0.5) is 5.69 Å². The van der Waals surface area contributed by atoms with Gasteiger partial charge in [0.25, 0.3) is 5.91 Å². The number of imide groups is 1. The Morgan fingerprint density at radius 3 is 2.82 bits per heavy atom. The Kier molecular flexibility index (Phi) is 4.40. The zero-order valence-corrected chi connectivity index (χ0v) is 12.7. The highest BCUT2D eigenvalue weighted by Gasteiger charge is 2.46. The van der Waals surface area contributed by atoms with E-state index in [4.69, 9.17) is 9.47 Å². The summed E-state index contributed by atoms with van der Waals surface area (Å²) in [6, 6.07) is 6.86. The lowest BCUT2D eigenvalue weighted by Crippen LogP contribution is -3.18. The van der Waals surface area contributed by atoms with Gasteiger partial charge >= 0.3 is 0 Å². The second-order valence-corrected chi connectivity index (χ2v) is 5.53. The number of carbonyl (C=O) groups is 2. The first-order valence-electron chi connectivity index (χ1n) is 7.72. The summed E-state index contributed by atoms with van der Waals surface area (Å²) in [5.41, 5.74) is 0.594. The lowest BCUT2D eigenvalue weighted by Gasteiger charge is -2.27. The minimum Gasteiger partial charge on any atom is -0.494 e. The van der Waals surface area contributed by atoms with Crippen molar-refractivity contribution in [2.45, 2.75) is 19.4 Å². The summed E-state index contributed by atoms with van der Waals surface area (Å²) in [5, 5.41) is 0. The van der Waals surface area contributed by atoms with E-state index >= 15 is 0 Å². The molecule has 2 heterocycles. The van der Waals surface area contributed by atoms with Gasteiger partial charge in [-0.2, -0.15) is 0 Å². The number of morpholine rings is 1. The smallest absolute Gasteiger partial charge is 0.292 e. The Morgan fingerprint density at radius 1 is 1.32 bits per heavy atom. The SMILES string of the molecule is CCOc1cccc(N2C(=O)C[C@@H]([NH+]3CCOCC3)C2=O)c1. The first kappa shape index (κ1) is 15.0. The molecule has 1 aromatic carbocycles. The van der Waals surface area contributed by atoms with Gasteiger partial charge in [0.15, 0.2) is 6.04 Å². The van der Waals surface area contributed by atoms with Crippen LogP contribution in [0.25, 0.3) is 0 Å². The predicted molar refractivity (Wildman–Crippen MR) is 80.0 cm³/mol. The van der Waals surface area contributed by atoms with Gasteiger partial charge in [-0.15, -0.1) is 0 Å². The van der Waals surface area contributed by atoms with Crippen LogP contribution in [0.15, 0.2) is 24.3 Å². The Bertz CT molecular complexity index is 569. The highest BCUT2D eigenvalue weighted by atomic mass is 16.5. The summed E-state index contributed by atoms with van der Waals surface area (Å²) in [7, 11) is 0. The molecule has 0 saturated carbocycles. The summed E-state index contributed by atoms with van der Waals surface area (Å²) in [5.74, 6) is 0.418. The minimum atomic E-state index is -0.285. The first-order valence-corrected chi connectivity index (χ1v) is 7.72. The molecule has 2 aliphatic heterocycles. The topological polar surface area (TPSA) is 60.3 Å². The third-order valence-corrected chi connectivity index (χ3v) is 4.16. The van der Waals surface area contributed by atoms with Crippen molar-refractivity contribution in [2.75, 3.05) is 37.8 Å². The van der Waals surface area contributed by atoms with Crippen LogP contribution < -0.4 is 14.5 Å². The number of hydrogen-bond acceptors (Lipinski definition) is 4. The summed E-state index contributed by atoms with van der Waals surface area (Å²) in [4.78, 5) is 27.5. The van der Waals surface area contributed by atoms with E-state index < -0.39 is 0 Å². The first-order chi connectivity index (χ1) is 10.7. The molecule has 1 N–H and O–H groups in total. The van der Waals surface area contributed by atoms with E-state index in [0.29, 0.717) is 31.3 Å². The van der Waals surface area contributed by atoms with Gasteiger partial charge in [-0.1, -0.05) is 6.07 Å². The molecule has 6 heteroatoms. The van der Waals surface area contributed by atoms with E-state index in [0.717, 1.165) is 18.0 Å². The number of rotatable bonds is 4. The number of anilines is 1. The van der Waals surface area contributed by atoms with Crippen molar-refractivity contribution in [1.82, 2.24) is 0 Å². The summed E-state index contributed by atoms with van der Waals surface area (Å²) >= 11 is 0. The third kappa shape index (κ3) is 2.84. The molecular weight excluding hydrogens is 284 g/mol. The molecule has 0 unspecified atom stereocenters. The summed E-state index contributed by atoms with van der Waals surface area (Å²) in [6.07, 6.45) is 0.271. The second-order valence-electron chi connectivity index (χ2n) is 5.53. The largest absolute Gasteiger partial charge is 0.494 e. The van der Waals surface area contributed by atoms with Crippen LogP contribution in [0.2, 0.25) is 0 Å². The van der Waals surface area contributed by atoms with E-state index in [2.05, 4.69) is 0 Å². The average Bonchev–Trinajstić information content (AvgIpc) is 2.84. The zero-order chi connectivity index (χ0) is 15.5. The molecule has 0 spiro atoms. The lowest BCUT2D eigenvalue weighted by molar-refractivity contribution is -0.922. The van der Waals surface area contributed by atoms with Crippen LogP contribution in [0.1, 0.15) is 13.3 Å². The molecule has 0 radical (unpaired) electrons. The van der Waals surface area contributed by atoms with Crippen molar-refractivity contribution in [3.63, 3.8) is 0 Å². The van der Waals surface area contributed by atoms with Crippen molar-refractivity contribution in [3.05, 3.63) is 24.3 Å². The molecule has 0 aromatic heterocycles. The molecule has 1 aromatic rings. The Balaban J connectivity index is 1.80. The fraction of sp³-hybridized carbons (Fsp3) is 0.500. The van der Waals surface area contributed by atoms with Crippen molar-refractivity contribution in [3.8, 4) is 5.75 Å². The van der Waals surface area contributed by atoms with Crippen LogP contribution in [-0.4, -0.2) is 50.8 Å². The molecule has 2 aliphatic rings. The molecule has 6 nitrogen and oxygen atoms in total. The third-order valence-electron chi connectivity index (χ3n) is 4.16. The molecular formula is C16H21N2O4+. The number of carbonyl (C=O) groups excluding carboxylic acids is 2. The van der Waals surface area contributed by atoms with E-state index in [1.54, 1.807) is 18.2 Å². The highest BCUT2D eigenvalue weighted by molar-refractivity contribution is 6.21. The molecule has 0 bridgehead atoms. The molecule has 1 atom stereocenters.